The van der Waals surface area contributed by atoms with Crippen LogP contribution >= 0.6 is 29.8 Å². The summed E-state index contributed by atoms with van der Waals surface area (Å²) in [6.45, 7) is 5.94. The second kappa shape index (κ2) is 21.6. The molecule has 2 fully saturated rings. The van der Waals surface area contributed by atoms with Crippen molar-refractivity contribution in [2.75, 3.05) is 59.0 Å². The molecule has 20 heteroatoms. The smallest absolute Gasteiger partial charge is 0.494 e. The Morgan fingerprint density at radius 3 is 2.29 bits per heavy atom. The summed E-state index contributed by atoms with van der Waals surface area (Å²) in [5.74, 6) is 3.27. The van der Waals surface area contributed by atoms with Gasteiger partial charge in [0.25, 0.3) is 0 Å². The Hall–Kier alpha value is -1.05. The fraction of sp³-hybridized carbons (Fsp3) is 0.846. The lowest BCUT2D eigenvalue weighted by Gasteiger charge is -2.50. The number of fused-ring (bicyclic) bond motifs is 5. The Labute approximate surface area is 349 Å². The molecule has 0 amide bonds. The Bertz CT molecular complexity index is 1450. The topological polar surface area (TPSA) is 95.5 Å². The van der Waals surface area contributed by atoms with Crippen molar-refractivity contribution in [3.63, 3.8) is 0 Å². The fourth-order valence-electron chi connectivity index (χ4n) is 9.15. The first-order valence-electron chi connectivity index (χ1n) is 20.1. The lowest BCUT2D eigenvalue weighted by molar-refractivity contribution is -0.457. The SMILES string of the molecule is COCC(CCCCSSC(C)(C)CCOc1ccc2c(c1)CCC1C2CCC2(C)C(OCCNCCOC(C(F)(F)F)(C(F)(F)F)C(F)(F)F)CCC12)CO[P+](=O)O. The van der Waals surface area contributed by atoms with Gasteiger partial charge in [-0.1, -0.05) is 41.0 Å². The van der Waals surface area contributed by atoms with Gasteiger partial charge in [0, 0.05) is 41.2 Å². The molecular formula is C39H58F9NO7PS2+. The molecule has 1 aromatic carbocycles. The summed E-state index contributed by atoms with van der Waals surface area (Å²) in [4.78, 5) is 8.90. The van der Waals surface area contributed by atoms with Gasteiger partial charge in [-0.3, -0.25) is 0 Å². The van der Waals surface area contributed by atoms with Gasteiger partial charge in [0.1, 0.15) is 12.4 Å². The highest BCUT2D eigenvalue weighted by atomic mass is 33.1. The monoisotopic (exact) mass is 918 g/mol. The van der Waals surface area contributed by atoms with Crippen molar-refractivity contribution >= 4 is 29.8 Å². The summed E-state index contributed by atoms with van der Waals surface area (Å²) in [6.07, 6.45) is -10.9. The Morgan fingerprint density at radius 2 is 1.63 bits per heavy atom. The molecule has 0 bridgehead atoms. The third-order valence-corrected chi connectivity index (χ3v) is 16.0. The van der Waals surface area contributed by atoms with Crippen LogP contribution in [0.3, 0.4) is 0 Å². The standard InChI is InChI=1S/C39H57F9NO7PS2/c1-34(2,59-58-22-6-5-7-26(24-52-4)25-56-57(50)51)16-19-53-28-9-11-29-27(23-28)8-10-31-30(29)14-15-35(3)32(31)12-13-33(35)54-20-17-49-18-21-55-36(37(40,41)42,38(43,44)45)39(46,47)48/h9,11,23,26,30-33,49H,5-8,10,12-22,24-25H2,1-4H3/p+1. The van der Waals surface area contributed by atoms with Crippen molar-refractivity contribution in [2.24, 2.45) is 23.2 Å². The number of nitrogens with one attached hydrogen (secondary N) is 1. The molecule has 0 spiro atoms. The van der Waals surface area contributed by atoms with E-state index in [0.29, 0.717) is 31.0 Å². The molecule has 0 aromatic heterocycles. The molecule has 8 nitrogen and oxygen atoms in total. The van der Waals surface area contributed by atoms with Crippen LogP contribution in [0.1, 0.15) is 95.6 Å². The Morgan fingerprint density at radius 1 is 0.932 bits per heavy atom. The largest absolute Gasteiger partial charge is 0.694 e. The number of ether oxygens (including phenoxy) is 4. The molecule has 7 unspecified atom stereocenters. The van der Waals surface area contributed by atoms with E-state index in [2.05, 4.69) is 49.0 Å². The van der Waals surface area contributed by atoms with Gasteiger partial charge in [0.15, 0.2) is 0 Å². The first-order chi connectivity index (χ1) is 27.6. The maximum Gasteiger partial charge on any atom is 0.694 e. The van der Waals surface area contributed by atoms with Crippen molar-refractivity contribution in [2.45, 2.75) is 126 Å². The van der Waals surface area contributed by atoms with Gasteiger partial charge in [-0.05, 0) is 118 Å². The molecule has 7 atom stereocenters. The van der Waals surface area contributed by atoms with Crippen LogP contribution < -0.4 is 10.1 Å². The van der Waals surface area contributed by atoms with E-state index in [0.717, 1.165) is 75.7 Å². The summed E-state index contributed by atoms with van der Waals surface area (Å²) >= 11 is 0. The van der Waals surface area contributed by atoms with Crippen LogP contribution in [-0.2, 0) is 29.7 Å². The third-order valence-electron chi connectivity index (χ3n) is 12.2. The second-order valence-corrected chi connectivity index (χ2v) is 20.5. The van der Waals surface area contributed by atoms with Gasteiger partial charge >= 0.3 is 32.4 Å². The van der Waals surface area contributed by atoms with Crippen LogP contribution in [0, 0.1) is 23.2 Å². The molecule has 1 aromatic rings. The van der Waals surface area contributed by atoms with Gasteiger partial charge in [-0.15, -0.1) is 9.42 Å². The van der Waals surface area contributed by atoms with Crippen LogP contribution in [-0.4, -0.2) is 98.9 Å². The number of methoxy groups -OCH3 is 1. The maximum atomic E-state index is 13.1. The number of halogens is 9. The summed E-state index contributed by atoms with van der Waals surface area (Å²) in [7, 11) is 2.71. The van der Waals surface area contributed by atoms with E-state index in [-0.39, 0.29) is 41.9 Å². The van der Waals surface area contributed by atoms with E-state index in [1.165, 1.54) is 11.1 Å². The van der Waals surface area contributed by atoms with Gasteiger partial charge in [0.2, 0.25) is 0 Å². The van der Waals surface area contributed by atoms with E-state index in [1.807, 2.05) is 21.6 Å². The second-order valence-electron chi connectivity index (χ2n) is 16.6. The summed E-state index contributed by atoms with van der Waals surface area (Å²) in [5.41, 5.74) is -3.69. The quantitative estimate of drug-likeness (QED) is 0.0452. The zero-order valence-electron chi connectivity index (χ0n) is 33.9. The van der Waals surface area contributed by atoms with E-state index >= 15 is 0 Å². The Kier molecular flexibility index (Phi) is 18.5. The summed E-state index contributed by atoms with van der Waals surface area (Å²) in [6, 6.07) is 6.47. The molecule has 2 saturated carbocycles. The number of aryl methyl sites for hydroxylation is 1. The molecule has 340 valence electrons. The molecule has 3 aliphatic carbocycles. The molecule has 0 saturated heterocycles. The van der Waals surface area contributed by atoms with Crippen LogP contribution in [0.5, 0.6) is 5.75 Å². The number of benzene rings is 1. The molecule has 0 radical (unpaired) electrons. The minimum absolute atomic E-state index is 0.0149. The highest BCUT2D eigenvalue weighted by molar-refractivity contribution is 8.77. The molecule has 59 heavy (non-hydrogen) atoms. The molecule has 0 heterocycles. The molecule has 0 aliphatic heterocycles. The average Bonchev–Trinajstić information content (AvgIpc) is 3.46. The lowest BCUT2D eigenvalue weighted by Crippen LogP contribution is -2.68. The van der Waals surface area contributed by atoms with Crippen molar-refractivity contribution in [1.82, 2.24) is 5.32 Å². The minimum Gasteiger partial charge on any atom is -0.494 e. The van der Waals surface area contributed by atoms with Gasteiger partial charge < -0.3 is 24.3 Å². The van der Waals surface area contributed by atoms with Crippen LogP contribution in [0.25, 0.3) is 0 Å². The number of unbranched alkanes of at least 4 members (excludes halogenated alkanes) is 1. The predicted octanol–water partition coefficient (Wildman–Crippen LogP) is 11.0. The number of hydrogen-bond acceptors (Lipinski definition) is 9. The first kappa shape index (κ1) is 50.6. The summed E-state index contributed by atoms with van der Waals surface area (Å²) < 4.78 is 155. The van der Waals surface area contributed by atoms with Gasteiger partial charge in [0.05, 0.1) is 32.5 Å². The van der Waals surface area contributed by atoms with E-state index in [4.69, 9.17) is 23.6 Å². The molecule has 4 rings (SSSR count). The predicted molar refractivity (Wildman–Crippen MR) is 210 cm³/mol. The Balaban J connectivity index is 1.17. The van der Waals surface area contributed by atoms with Crippen molar-refractivity contribution in [1.29, 1.82) is 0 Å². The van der Waals surface area contributed by atoms with E-state index in [9.17, 15) is 44.1 Å². The van der Waals surface area contributed by atoms with E-state index in [1.54, 1.807) is 7.11 Å². The van der Waals surface area contributed by atoms with Crippen LogP contribution in [0.15, 0.2) is 18.2 Å². The number of rotatable bonds is 24. The molecule has 2 N–H and O–H groups in total. The molecular weight excluding hydrogens is 861 g/mol. The van der Waals surface area contributed by atoms with Crippen molar-refractivity contribution in [3.05, 3.63) is 29.3 Å². The normalized spacial score (nSPS) is 24.7. The molecule has 3 aliphatic rings. The number of hydrogen-bond donors (Lipinski definition) is 2. The van der Waals surface area contributed by atoms with E-state index < -0.39 is 45.5 Å². The van der Waals surface area contributed by atoms with Crippen LogP contribution in [0.4, 0.5) is 39.5 Å². The lowest BCUT2D eigenvalue weighted by atomic mass is 9.55. The summed E-state index contributed by atoms with van der Waals surface area (Å²) in [5, 5.41) is 2.55. The van der Waals surface area contributed by atoms with Gasteiger partial charge in [-0.25, -0.2) is 0 Å². The number of alkyl halides is 9. The van der Waals surface area contributed by atoms with Crippen LogP contribution in [0.2, 0.25) is 0 Å². The average molecular weight is 919 g/mol. The van der Waals surface area contributed by atoms with Crippen molar-refractivity contribution in [3.8, 4) is 5.75 Å². The van der Waals surface area contributed by atoms with Crippen molar-refractivity contribution < 1.29 is 72.4 Å². The highest BCUT2D eigenvalue weighted by Crippen LogP contribution is 2.62. The zero-order chi connectivity index (χ0) is 43.7. The third kappa shape index (κ3) is 13.0. The first-order valence-corrected chi connectivity index (χ1v) is 23.5. The maximum absolute atomic E-state index is 13.1. The zero-order valence-corrected chi connectivity index (χ0v) is 36.4. The fourth-order valence-corrected chi connectivity index (χ4v) is 12.2. The van der Waals surface area contributed by atoms with Gasteiger partial charge in [-0.2, -0.15) is 39.5 Å². The minimum atomic E-state index is -6.75. The highest BCUT2D eigenvalue weighted by Gasteiger charge is 2.85.